The van der Waals surface area contributed by atoms with Crippen LogP contribution in [-0.2, 0) is 6.54 Å². The van der Waals surface area contributed by atoms with Gasteiger partial charge in [0.05, 0.1) is 10.7 Å². The number of carbonyl (C=O) groups excluding carboxylic acids is 1. The van der Waals surface area contributed by atoms with E-state index in [9.17, 15) is 9.18 Å². The highest BCUT2D eigenvalue weighted by molar-refractivity contribution is 6.31. The molecule has 1 aromatic heterocycles. The Labute approximate surface area is 121 Å². The Balaban J connectivity index is 1.75. The Morgan fingerprint density at radius 1 is 1.40 bits per heavy atom. The molecule has 2 aromatic rings. The predicted octanol–water partition coefficient (Wildman–Crippen LogP) is 2.80. The molecule has 0 bridgehead atoms. The summed E-state index contributed by atoms with van der Waals surface area (Å²) in [5.41, 5.74) is 1.24. The van der Waals surface area contributed by atoms with E-state index in [4.69, 9.17) is 11.6 Å². The highest BCUT2D eigenvalue weighted by Crippen LogP contribution is 2.12. The molecule has 6 heteroatoms. The van der Waals surface area contributed by atoms with Crippen LogP contribution in [0.3, 0.4) is 0 Å². The van der Waals surface area contributed by atoms with Crippen LogP contribution in [0.15, 0.2) is 30.5 Å². The number of carbonyl (C=O) groups is 1. The molecule has 1 heterocycles. The average molecular weight is 296 g/mol. The maximum Gasteiger partial charge on any atom is 0.251 e. The van der Waals surface area contributed by atoms with Gasteiger partial charge in [0.15, 0.2) is 0 Å². The zero-order valence-corrected chi connectivity index (χ0v) is 11.8. The summed E-state index contributed by atoms with van der Waals surface area (Å²) >= 11 is 5.90. The largest absolute Gasteiger partial charge is 0.352 e. The van der Waals surface area contributed by atoms with Crippen molar-refractivity contribution < 1.29 is 9.18 Å². The number of nitrogens with zero attached hydrogens (tertiary/aromatic N) is 2. The lowest BCUT2D eigenvalue weighted by molar-refractivity contribution is 0.0952. The fourth-order valence-electron chi connectivity index (χ4n) is 1.75. The summed E-state index contributed by atoms with van der Waals surface area (Å²) < 4.78 is 14.5. The third-order valence-electron chi connectivity index (χ3n) is 2.84. The van der Waals surface area contributed by atoms with Crippen LogP contribution in [-0.4, -0.2) is 22.2 Å². The Hall–Kier alpha value is -1.88. The van der Waals surface area contributed by atoms with Crippen molar-refractivity contribution in [1.29, 1.82) is 0 Å². The quantitative estimate of drug-likeness (QED) is 0.862. The Kier molecular flexibility index (Phi) is 4.74. The normalized spacial score (nSPS) is 10.6. The first-order chi connectivity index (χ1) is 9.56. The fourth-order valence-corrected chi connectivity index (χ4v) is 1.90. The molecule has 4 nitrogen and oxygen atoms in total. The molecule has 0 aliphatic rings. The van der Waals surface area contributed by atoms with Gasteiger partial charge in [-0.15, -0.1) is 0 Å². The maximum atomic E-state index is 12.7. The van der Waals surface area contributed by atoms with E-state index < -0.39 is 0 Å². The van der Waals surface area contributed by atoms with Crippen molar-refractivity contribution in [2.45, 2.75) is 19.9 Å². The minimum atomic E-state index is -0.354. The van der Waals surface area contributed by atoms with Gasteiger partial charge >= 0.3 is 0 Å². The van der Waals surface area contributed by atoms with Crippen LogP contribution < -0.4 is 5.32 Å². The van der Waals surface area contributed by atoms with Gasteiger partial charge < -0.3 is 5.32 Å². The summed E-state index contributed by atoms with van der Waals surface area (Å²) in [4.78, 5) is 11.7. The summed E-state index contributed by atoms with van der Waals surface area (Å²) in [6, 6.07) is 5.45. The van der Waals surface area contributed by atoms with E-state index >= 15 is 0 Å². The van der Waals surface area contributed by atoms with E-state index in [1.165, 1.54) is 24.3 Å². The van der Waals surface area contributed by atoms with Gasteiger partial charge in [0.2, 0.25) is 0 Å². The molecule has 106 valence electrons. The molecular weight excluding hydrogens is 281 g/mol. The minimum Gasteiger partial charge on any atom is -0.352 e. The number of nitrogens with one attached hydrogen (secondary N) is 1. The molecule has 2 rings (SSSR count). The topological polar surface area (TPSA) is 46.9 Å². The predicted molar refractivity (Wildman–Crippen MR) is 75.3 cm³/mol. The van der Waals surface area contributed by atoms with Crippen LogP contribution in [0.1, 0.15) is 22.5 Å². The Morgan fingerprint density at radius 3 is 2.70 bits per heavy atom. The van der Waals surface area contributed by atoms with E-state index in [0.29, 0.717) is 23.7 Å². The second-order valence-corrected chi connectivity index (χ2v) is 4.85. The molecule has 0 saturated heterocycles. The molecule has 0 fully saturated rings. The van der Waals surface area contributed by atoms with Crippen molar-refractivity contribution in [3.63, 3.8) is 0 Å². The number of halogens is 2. The molecular formula is C14H15ClFN3O. The SMILES string of the molecule is Cc1nn(CCCNC(=O)c2ccc(F)cc2)cc1Cl. The van der Waals surface area contributed by atoms with Gasteiger partial charge in [-0.25, -0.2) is 4.39 Å². The average Bonchev–Trinajstić information content (AvgIpc) is 2.74. The smallest absolute Gasteiger partial charge is 0.251 e. The summed E-state index contributed by atoms with van der Waals surface area (Å²) in [7, 11) is 0. The number of benzene rings is 1. The van der Waals surface area contributed by atoms with E-state index in [-0.39, 0.29) is 11.7 Å². The first-order valence-corrected chi connectivity index (χ1v) is 6.67. The van der Waals surface area contributed by atoms with Gasteiger partial charge in [0.1, 0.15) is 5.82 Å². The summed E-state index contributed by atoms with van der Waals surface area (Å²) in [6.07, 6.45) is 2.50. The lowest BCUT2D eigenvalue weighted by atomic mass is 10.2. The van der Waals surface area contributed by atoms with Crippen LogP contribution in [0.4, 0.5) is 4.39 Å². The van der Waals surface area contributed by atoms with Crippen LogP contribution in [0.5, 0.6) is 0 Å². The number of aryl methyl sites for hydroxylation is 2. The molecule has 0 radical (unpaired) electrons. The van der Waals surface area contributed by atoms with Crippen molar-refractivity contribution in [2.24, 2.45) is 0 Å². The van der Waals surface area contributed by atoms with E-state index in [0.717, 1.165) is 12.1 Å². The molecule has 0 aliphatic carbocycles. The van der Waals surface area contributed by atoms with Crippen molar-refractivity contribution >= 4 is 17.5 Å². The highest BCUT2D eigenvalue weighted by atomic mass is 35.5. The third kappa shape index (κ3) is 3.81. The molecule has 1 amide bonds. The van der Waals surface area contributed by atoms with Crippen LogP contribution in [0.25, 0.3) is 0 Å². The first-order valence-electron chi connectivity index (χ1n) is 6.29. The molecule has 0 spiro atoms. The first kappa shape index (κ1) is 14.5. The van der Waals surface area contributed by atoms with Gasteiger partial charge in [-0.1, -0.05) is 11.6 Å². The van der Waals surface area contributed by atoms with Gasteiger partial charge in [-0.3, -0.25) is 9.48 Å². The number of aromatic nitrogens is 2. The van der Waals surface area contributed by atoms with Gasteiger partial charge in [-0.05, 0) is 37.6 Å². The lowest BCUT2D eigenvalue weighted by Gasteiger charge is -2.05. The van der Waals surface area contributed by atoms with E-state index in [1.54, 1.807) is 10.9 Å². The second-order valence-electron chi connectivity index (χ2n) is 4.44. The molecule has 1 N–H and O–H groups in total. The van der Waals surface area contributed by atoms with E-state index in [2.05, 4.69) is 10.4 Å². The zero-order valence-electron chi connectivity index (χ0n) is 11.1. The monoisotopic (exact) mass is 295 g/mol. The molecule has 0 aliphatic heterocycles. The van der Waals surface area contributed by atoms with Crippen molar-refractivity contribution in [1.82, 2.24) is 15.1 Å². The number of hydrogen-bond donors (Lipinski definition) is 1. The molecule has 0 unspecified atom stereocenters. The van der Waals surface area contributed by atoms with Gasteiger partial charge in [0.25, 0.3) is 5.91 Å². The Bertz CT molecular complexity index is 575. The fraction of sp³-hybridized carbons (Fsp3) is 0.286. The number of amides is 1. The van der Waals surface area contributed by atoms with Crippen LogP contribution >= 0.6 is 11.6 Å². The summed E-state index contributed by atoms with van der Waals surface area (Å²) in [5.74, 6) is -0.563. The lowest BCUT2D eigenvalue weighted by Crippen LogP contribution is -2.25. The second kappa shape index (κ2) is 6.52. The summed E-state index contributed by atoms with van der Waals surface area (Å²) in [5, 5.41) is 7.64. The van der Waals surface area contributed by atoms with Crippen molar-refractivity contribution in [3.05, 3.63) is 52.6 Å². The van der Waals surface area contributed by atoms with Gasteiger partial charge in [-0.2, -0.15) is 5.10 Å². The Morgan fingerprint density at radius 2 is 2.10 bits per heavy atom. The number of rotatable bonds is 5. The third-order valence-corrected chi connectivity index (χ3v) is 3.21. The molecule has 20 heavy (non-hydrogen) atoms. The molecule has 1 aromatic carbocycles. The summed E-state index contributed by atoms with van der Waals surface area (Å²) in [6.45, 7) is 3.04. The van der Waals surface area contributed by atoms with Gasteiger partial charge in [0, 0.05) is 24.8 Å². The van der Waals surface area contributed by atoms with Crippen molar-refractivity contribution in [2.75, 3.05) is 6.54 Å². The van der Waals surface area contributed by atoms with Crippen LogP contribution in [0.2, 0.25) is 5.02 Å². The molecule has 0 saturated carbocycles. The zero-order chi connectivity index (χ0) is 14.5. The van der Waals surface area contributed by atoms with Crippen LogP contribution in [0, 0.1) is 12.7 Å². The minimum absolute atomic E-state index is 0.209. The van der Waals surface area contributed by atoms with Crippen molar-refractivity contribution in [3.8, 4) is 0 Å². The maximum absolute atomic E-state index is 12.7. The standard InChI is InChI=1S/C14H15ClFN3O/c1-10-13(15)9-19(18-10)8-2-7-17-14(20)11-3-5-12(16)6-4-11/h3-6,9H,2,7-8H2,1H3,(H,17,20). The highest BCUT2D eigenvalue weighted by Gasteiger charge is 2.05. The number of hydrogen-bond acceptors (Lipinski definition) is 2. The van der Waals surface area contributed by atoms with E-state index in [1.807, 2.05) is 6.92 Å². The molecule has 0 atom stereocenters.